The Morgan fingerprint density at radius 3 is 2.90 bits per heavy atom. The average Bonchev–Trinajstić information content (AvgIpc) is 2.87. The standard InChI is InChI=1S/C14H18N4OS/c1-4-15-10(3)12-8-20-14(17-12)18-13(19)11-7-5-6-9(2)16-11/h5-8,10,15H,4H2,1-3H3,(H,17,18,19). The quantitative estimate of drug-likeness (QED) is 0.888. The first-order valence-corrected chi connectivity index (χ1v) is 7.42. The number of hydrogen-bond acceptors (Lipinski definition) is 5. The average molecular weight is 290 g/mol. The van der Waals surface area contributed by atoms with Gasteiger partial charge in [-0.15, -0.1) is 11.3 Å². The second-order valence-electron chi connectivity index (χ2n) is 4.48. The van der Waals surface area contributed by atoms with E-state index in [4.69, 9.17) is 0 Å². The second kappa shape index (κ2) is 6.58. The van der Waals surface area contributed by atoms with E-state index in [-0.39, 0.29) is 11.9 Å². The molecule has 0 bridgehead atoms. The monoisotopic (exact) mass is 290 g/mol. The van der Waals surface area contributed by atoms with Crippen LogP contribution in [0.4, 0.5) is 5.13 Å². The number of hydrogen-bond donors (Lipinski definition) is 2. The minimum absolute atomic E-state index is 0.180. The number of anilines is 1. The number of rotatable bonds is 5. The molecule has 0 saturated heterocycles. The molecular weight excluding hydrogens is 272 g/mol. The highest BCUT2D eigenvalue weighted by Gasteiger charge is 2.12. The molecule has 0 aromatic carbocycles. The first-order valence-electron chi connectivity index (χ1n) is 6.54. The maximum atomic E-state index is 12.0. The van der Waals surface area contributed by atoms with Crippen LogP contribution in [0.25, 0.3) is 0 Å². The van der Waals surface area contributed by atoms with E-state index in [1.54, 1.807) is 6.07 Å². The van der Waals surface area contributed by atoms with Gasteiger partial charge in [-0.05, 0) is 32.5 Å². The first-order chi connectivity index (χ1) is 9.60. The topological polar surface area (TPSA) is 66.9 Å². The summed E-state index contributed by atoms with van der Waals surface area (Å²) >= 11 is 1.42. The van der Waals surface area contributed by atoms with Crippen molar-refractivity contribution < 1.29 is 4.79 Å². The van der Waals surface area contributed by atoms with Crippen LogP contribution in [0.3, 0.4) is 0 Å². The zero-order valence-electron chi connectivity index (χ0n) is 11.8. The maximum absolute atomic E-state index is 12.0. The summed E-state index contributed by atoms with van der Waals surface area (Å²) in [6.07, 6.45) is 0. The van der Waals surface area contributed by atoms with E-state index in [0.717, 1.165) is 17.9 Å². The lowest BCUT2D eigenvalue weighted by molar-refractivity contribution is 0.102. The molecule has 0 spiro atoms. The fourth-order valence-corrected chi connectivity index (χ4v) is 2.58. The highest BCUT2D eigenvalue weighted by atomic mass is 32.1. The van der Waals surface area contributed by atoms with E-state index < -0.39 is 0 Å². The molecule has 1 atom stereocenters. The third-order valence-corrected chi connectivity index (χ3v) is 3.59. The van der Waals surface area contributed by atoms with Crippen molar-refractivity contribution in [2.75, 3.05) is 11.9 Å². The summed E-state index contributed by atoms with van der Waals surface area (Å²) in [5.41, 5.74) is 2.16. The van der Waals surface area contributed by atoms with Gasteiger partial charge in [0.1, 0.15) is 5.69 Å². The smallest absolute Gasteiger partial charge is 0.276 e. The normalized spacial score (nSPS) is 12.2. The van der Waals surface area contributed by atoms with Crippen LogP contribution in [0, 0.1) is 6.92 Å². The van der Waals surface area contributed by atoms with Crippen LogP contribution in [0.15, 0.2) is 23.6 Å². The first kappa shape index (κ1) is 14.6. The van der Waals surface area contributed by atoms with Crippen molar-refractivity contribution in [3.63, 3.8) is 0 Å². The molecule has 106 valence electrons. The van der Waals surface area contributed by atoms with Crippen LogP contribution in [-0.2, 0) is 0 Å². The molecule has 0 radical (unpaired) electrons. The molecule has 0 aliphatic carbocycles. The Morgan fingerprint density at radius 1 is 1.40 bits per heavy atom. The van der Waals surface area contributed by atoms with E-state index in [9.17, 15) is 4.79 Å². The van der Waals surface area contributed by atoms with Crippen molar-refractivity contribution in [3.05, 3.63) is 40.7 Å². The molecule has 6 heteroatoms. The van der Waals surface area contributed by atoms with Crippen LogP contribution in [0.2, 0.25) is 0 Å². The molecule has 0 aliphatic rings. The molecule has 20 heavy (non-hydrogen) atoms. The highest BCUT2D eigenvalue weighted by molar-refractivity contribution is 7.14. The third-order valence-electron chi connectivity index (χ3n) is 2.82. The minimum atomic E-state index is -0.231. The number of nitrogens with one attached hydrogen (secondary N) is 2. The zero-order chi connectivity index (χ0) is 14.5. The fraction of sp³-hybridized carbons (Fsp3) is 0.357. The molecule has 1 amide bonds. The van der Waals surface area contributed by atoms with Crippen molar-refractivity contribution >= 4 is 22.4 Å². The summed E-state index contributed by atoms with van der Waals surface area (Å²) in [7, 11) is 0. The van der Waals surface area contributed by atoms with E-state index in [0.29, 0.717) is 10.8 Å². The Hall–Kier alpha value is -1.79. The van der Waals surface area contributed by atoms with Gasteiger partial charge in [0.25, 0.3) is 5.91 Å². The minimum Gasteiger partial charge on any atom is -0.309 e. The Balaban J connectivity index is 2.05. The Labute approximate surface area is 122 Å². The van der Waals surface area contributed by atoms with Crippen molar-refractivity contribution in [2.24, 2.45) is 0 Å². The summed E-state index contributed by atoms with van der Waals surface area (Å²) in [5.74, 6) is -0.231. The largest absolute Gasteiger partial charge is 0.309 e. The lowest BCUT2D eigenvalue weighted by Crippen LogP contribution is -2.18. The third kappa shape index (κ3) is 3.61. The predicted octanol–water partition coefficient (Wildman–Crippen LogP) is 2.77. The molecular formula is C14H18N4OS. The van der Waals surface area contributed by atoms with Gasteiger partial charge in [-0.2, -0.15) is 0 Å². The van der Waals surface area contributed by atoms with E-state index >= 15 is 0 Å². The van der Waals surface area contributed by atoms with Gasteiger partial charge in [-0.3, -0.25) is 10.1 Å². The Morgan fingerprint density at radius 2 is 2.20 bits per heavy atom. The summed E-state index contributed by atoms with van der Waals surface area (Å²) in [6, 6.07) is 5.55. The summed E-state index contributed by atoms with van der Waals surface area (Å²) < 4.78 is 0. The van der Waals surface area contributed by atoms with Crippen molar-refractivity contribution in [3.8, 4) is 0 Å². The fourth-order valence-electron chi connectivity index (χ4n) is 1.78. The number of pyridine rings is 1. The lowest BCUT2D eigenvalue weighted by Gasteiger charge is -2.08. The summed E-state index contributed by atoms with van der Waals surface area (Å²) in [5, 5.41) is 8.61. The van der Waals surface area contributed by atoms with Crippen LogP contribution in [-0.4, -0.2) is 22.4 Å². The SMILES string of the molecule is CCNC(C)c1csc(NC(=O)c2cccc(C)n2)n1. The van der Waals surface area contributed by atoms with Crippen LogP contribution >= 0.6 is 11.3 Å². The van der Waals surface area contributed by atoms with Crippen molar-refractivity contribution in [2.45, 2.75) is 26.8 Å². The number of aryl methyl sites for hydroxylation is 1. The molecule has 0 saturated carbocycles. The zero-order valence-corrected chi connectivity index (χ0v) is 12.6. The van der Waals surface area contributed by atoms with E-state index in [1.807, 2.05) is 31.4 Å². The van der Waals surface area contributed by atoms with Crippen LogP contribution in [0.5, 0.6) is 0 Å². The number of nitrogens with zero attached hydrogens (tertiary/aromatic N) is 2. The van der Waals surface area contributed by atoms with Gasteiger partial charge in [-0.1, -0.05) is 13.0 Å². The van der Waals surface area contributed by atoms with E-state index in [1.165, 1.54) is 11.3 Å². The molecule has 2 rings (SSSR count). The van der Waals surface area contributed by atoms with Crippen LogP contribution < -0.4 is 10.6 Å². The predicted molar refractivity (Wildman–Crippen MR) is 81.1 cm³/mol. The van der Waals surface area contributed by atoms with E-state index in [2.05, 4.69) is 27.5 Å². The summed E-state index contributed by atoms with van der Waals surface area (Å²) in [6.45, 7) is 6.84. The molecule has 0 fully saturated rings. The van der Waals surface area contributed by atoms with Gasteiger partial charge in [-0.25, -0.2) is 9.97 Å². The van der Waals surface area contributed by atoms with Gasteiger partial charge in [0.15, 0.2) is 5.13 Å². The molecule has 5 nitrogen and oxygen atoms in total. The molecule has 0 aliphatic heterocycles. The molecule has 1 unspecified atom stereocenters. The molecule has 2 heterocycles. The van der Waals surface area contributed by atoms with Gasteiger partial charge >= 0.3 is 0 Å². The number of carbonyl (C=O) groups excluding carboxylic acids is 1. The van der Waals surface area contributed by atoms with Gasteiger partial charge < -0.3 is 5.32 Å². The highest BCUT2D eigenvalue weighted by Crippen LogP contribution is 2.20. The Kier molecular flexibility index (Phi) is 4.81. The molecule has 2 aromatic heterocycles. The molecule has 2 aromatic rings. The van der Waals surface area contributed by atoms with Crippen LogP contribution in [0.1, 0.15) is 41.8 Å². The Bertz CT molecular complexity index is 596. The van der Waals surface area contributed by atoms with Gasteiger partial charge in [0, 0.05) is 17.1 Å². The van der Waals surface area contributed by atoms with Gasteiger partial charge in [0.05, 0.1) is 5.69 Å². The number of aromatic nitrogens is 2. The maximum Gasteiger partial charge on any atom is 0.276 e. The van der Waals surface area contributed by atoms with Gasteiger partial charge in [0.2, 0.25) is 0 Å². The van der Waals surface area contributed by atoms with Crippen molar-refractivity contribution in [1.82, 2.24) is 15.3 Å². The molecule has 2 N–H and O–H groups in total. The summed E-state index contributed by atoms with van der Waals surface area (Å²) in [4.78, 5) is 20.7. The number of carbonyl (C=O) groups is 1. The lowest BCUT2D eigenvalue weighted by atomic mass is 10.2. The second-order valence-corrected chi connectivity index (χ2v) is 5.33. The number of thiazole rings is 1. The number of amides is 1. The van der Waals surface area contributed by atoms with Crippen molar-refractivity contribution in [1.29, 1.82) is 0 Å².